The van der Waals surface area contributed by atoms with Gasteiger partial charge in [-0.25, -0.2) is 0 Å². The van der Waals surface area contributed by atoms with Crippen molar-refractivity contribution >= 4 is 21.9 Å². The van der Waals surface area contributed by atoms with Gasteiger partial charge in [0.25, 0.3) is 0 Å². The minimum Gasteiger partial charge on any atom is -0.456 e. The number of hydrogen-bond donors (Lipinski definition) is 1. The molecule has 0 saturated carbocycles. The first-order chi connectivity index (χ1) is 9.42. The standard InChI is InChI=1S/C17H17NO/c1-2-4-16-14(3-1)15-11-13(5-6-17(15)19-16)12-7-9-18-10-8-12/h1-6,11-12,18H,7-10H2. The normalized spacial score (nSPS) is 17.3. The van der Waals surface area contributed by atoms with Crippen LogP contribution in [0.1, 0.15) is 24.3 Å². The molecule has 3 aromatic rings. The van der Waals surface area contributed by atoms with E-state index in [0.29, 0.717) is 5.92 Å². The molecule has 2 heteroatoms. The van der Waals surface area contributed by atoms with Crippen molar-refractivity contribution in [2.75, 3.05) is 13.1 Å². The highest BCUT2D eigenvalue weighted by atomic mass is 16.3. The third kappa shape index (κ3) is 1.83. The summed E-state index contributed by atoms with van der Waals surface area (Å²) in [5.74, 6) is 0.694. The number of fused-ring (bicyclic) bond motifs is 3. The van der Waals surface area contributed by atoms with Crippen LogP contribution in [0.4, 0.5) is 0 Å². The fourth-order valence-corrected chi connectivity index (χ4v) is 3.15. The summed E-state index contributed by atoms with van der Waals surface area (Å²) in [4.78, 5) is 0. The Morgan fingerprint density at radius 3 is 2.58 bits per heavy atom. The van der Waals surface area contributed by atoms with Crippen LogP contribution in [0.3, 0.4) is 0 Å². The van der Waals surface area contributed by atoms with E-state index in [1.165, 1.54) is 29.2 Å². The van der Waals surface area contributed by atoms with E-state index < -0.39 is 0 Å². The SMILES string of the molecule is c1ccc2c(c1)oc1ccc(C3CCNCC3)cc12. The summed E-state index contributed by atoms with van der Waals surface area (Å²) >= 11 is 0. The van der Waals surface area contributed by atoms with Gasteiger partial charge in [0, 0.05) is 10.8 Å². The van der Waals surface area contributed by atoms with Crippen molar-refractivity contribution in [3.8, 4) is 0 Å². The molecule has 2 heterocycles. The van der Waals surface area contributed by atoms with Crippen molar-refractivity contribution in [1.82, 2.24) is 5.32 Å². The molecule has 0 amide bonds. The molecule has 0 aliphatic carbocycles. The van der Waals surface area contributed by atoms with Gasteiger partial charge < -0.3 is 9.73 Å². The van der Waals surface area contributed by atoms with Crippen molar-refractivity contribution < 1.29 is 4.42 Å². The van der Waals surface area contributed by atoms with E-state index >= 15 is 0 Å². The van der Waals surface area contributed by atoms with E-state index in [9.17, 15) is 0 Å². The van der Waals surface area contributed by atoms with Crippen LogP contribution >= 0.6 is 0 Å². The summed E-state index contributed by atoms with van der Waals surface area (Å²) in [5, 5.41) is 5.91. The average molecular weight is 251 g/mol. The number of rotatable bonds is 1. The van der Waals surface area contributed by atoms with E-state index in [0.717, 1.165) is 24.3 Å². The molecule has 0 unspecified atom stereocenters. The summed E-state index contributed by atoms with van der Waals surface area (Å²) < 4.78 is 5.88. The maximum atomic E-state index is 5.88. The van der Waals surface area contributed by atoms with Crippen LogP contribution < -0.4 is 5.32 Å². The number of benzene rings is 2. The number of nitrogens with one attached hydrogen (secondary N) is 1. The molecule has 0 bridgehead atoms. The molecule has 0 radical (unpaired) electrons. The second-order valence-electron chi connectivity index (χ2n) is 5.38. The monoisotopic (exact) mass is 251 g/mol. The minimum atomic E-state index is 0.694. The van der Waals surface area contributed by atoms with E-state index in [1.54, 1.807) is 0 Å². The summed E-state index contributed by atoms with van der Waals surface area (Å²) in [7, 11) is 0. The molecule has 0 spiro atoms. The molecule has 1 N–H and O–H groups in total. The first-order valence-corrected chi connectivity index (χ1v) is 7.04. The van der Waals surface area contributed by atoms with Gasteiger partial charge in [-0.2, -0.15) is 0 Å². The second kappa shape index (κ2) is 4.39. The van der Waals surface area contributed by atoms with Crippen molar-refractivity contribution in [2.45, 2.75) is 18.8 Å². The van der Waals surface area contributed by atoms with Crippen LogP contribution in [0.15, 0.2) is 46.9 Å². The predicted octanol–water partition coefficient (Wildman–Crippen LogP) is 4.05. The van der Waals surface area contributed by atoms with Crippen LogP contribution in [0, 0.1) is 0 Å². The van der Waals surface area contributed by atoms with E-state index in [2.05, 4.69) is 35.6 Å². The van der Waals surface area contributed by atoms with E-state index in [4.69, 9.17) is 4.42 Å². The lowest BCUT2D eigenvalue weighted by Crippen LogP contribution is -2.26. The van der Waals surface area contributed by atoms with Gasteiger partial charge in [0.05, 0.1) is 0 Å². The number of furan rings is 1. The van der Waals surface area contributed by atoms with Gasteiger partial charge in [0.15, 0.2) is 0 Å². The second-order valence-corrected chi connectivity index (χ2v) is 5.38. The third-order valence-electron chi connectivity index (χ3n) is 4.21. The first kappa shape index (κ1) is 11.1. The third-order valence-corrected chi connectivity index (χ3v) is 4.21. The highest BCUT2D eigenvalue weighted by Crippen LogP contribution is 2.33. The van der Waals surface area contributed by atoms with Gasteiger partial charge >= 0.3 is 0 Å². The van der Waals surface area contributed by atoms with Crippen LogP contribution in [-0.4, -0.2) is 13.1 Å². The highest BCUT2D eigenvalue weighted by Gasteiger charge is 2.16. The summed E-state index contributed by atoms with van der Waals surface area (Å²) in [5.41, 5.74) is 3.44. The molecular weight excluding hydrogens is 234 g/mol. The Balaban J connectivity index is 1.87. The summed E-state index contributed by atoms with van der Waals surface area (Å²) in [6.45, 7) is 2.27. The molecule has 0 atom stereocenters. The zero-order chi connectivity index (χ0) is 12.7. The minimum absolute atomic E-state index is 0.694. The lowest BCUT2D eigenvalue weighted by Gasteiger charge is -2.22. The molecule has 19 heavy (non-hydrogen) atoms. The number of piperidine rings is 1. The van der Waals surface area contributed by atoms with Gasteiger partial charge in [0.2, 0.25) is 0 Å². The average Bonchev–Trinajstić information content (AvgIpc) is 2.86. The maximum absolute atomic E-state index is 5.88. The van der Waals surface area contributed by atoms with Crippen LogP contribution in [0.25, 0.3) is 21.9 Å². The Morgan fingerprint density at radius 2 is 1.68 bits per heavy atom. The van der Waals surface area contributed by atoms with Gasteiger partial charge in [0.1, 0.15) is 11.2 Å². The van der Waals surface area contributed by atoms with Gasteiger partial charge in [-0.1, -0.05) is 24.3 Å². The maximum Gasteiger partial charge on any atom is 0.135 e. The summed E-state index contributed by atoms with van der Waals surface area (Å²) in [6.07, 6.45) is 2.47. The van der Waals surface area contributed by atoms with Gasteiger partial charge in [-0.05, 0) is 55.6 Å². The van der Waals surface area contributed by atoms with Crippen molar-refractivity contribution in [3.63, 3.8) is 0 Å². The van der Waals surface area contributed by atoms with Gasteiger partial charge in [-0.3, -0.25) is 0 Å². The lowest BCUT2D eigenvalue weighted by atomic mass is 9.89. The largest absolute Gasteiger partial charge is 0.456 e. The van der Waals surface area contributed by atoms with Crippen LogP contribution in [0.5, 0.6) is 0 Å². The van der Waals surface area contributed by atoms with E-state index in [1.807, 2.05) is 12.1 Å². The van der Waals surface area contributed by atoms with Crippen molar-refractivity contribution in [3.05, 3.63) is 48.0 Å². The topological polar surface area (TPSA) is 25.2 Å². The quantitative estimate of drug-likeness (QED) is 0.705. The molecule has 96 valence electrons. The Kier molecular flexibility index (Phi) is 2.56. The molecule has 1 saturated heterocycles. The predicted molar refractivity (Wildman–Crippen MR) is 78.6 cm³/mol. The van der Waals surface area contributed by atoms with Crippen LogP contribution in [0.2, 0.25) is 0 Å². The molecule has 4 rings (SSSR count). The Labute approximate surface area is 112 Å². The number of hydrogen-bond acceptors (Lipinski definition) is 2. The first-order valence-electron chi connectivity index (χ1n) is 7.04. The van der Waals surface area contributed by atoms with Crippen molar-refractivity contribution in [2.24, 2.45) is 0 Å². The molecular formula is C17H17NO. The summed E-state index contributed by atoms with van der Waals surface area (Å²) in [6, 6.07) is 15.0. The molecule has 1 aliphatic rings. The molecule has 2 aromatic carbocycles. The molecule has 1 fully saturated rings. The zero-order valence-corrected chi connectivity index (χ0v) is 10.9. The smallest absolute Gasteiger partial charge is 0.135 e. The Bertz CT molecular complexity index is 722. The fraction of sp³-hybridized carbons (Fsp3) is 0.294. The van der Waals surface area contributed by atoms with Crippen molar-refractivity contribution in [1.29, 1.82) is 0 Å². The molecule has 2 nitrogen and oxygen atoms in total. The lowest BCUT2D eigenvalue weighted by molar-refractivity contribution is 0.460. The zero-order valence-electron chi connectivity index (χ0n) is 10.9. The fourth-order valence-electron chi connectivity index (χ4n) is 3.15. The van der Waals surface area contributed by atoms with Gasteiger partial charge in [-0.15, -0.1) is 0 Å². The molecule has 1 aromatic heterocycles. The Hall–Kier alpha value is -1.80. The molecule has 1 aliphatic heterocycles. The van der Waals surface area contributed by atoms with E-state index in [-0.39, 0.29) is 0 Å². The highest BCUT2D eigenvalue weighted by molar-refractivity contribution is 6.05. The number of para-hydroxylation sites is 1. The Morgan fingerprint density at radius 1 is 0.895 bits per heavy atom. The van der Waals surface area contributed by atoms with Crippen LogP contribution in [-0.2, 0) is 0 Å².